The van der Waals surface area contributed by atoms with Crippen molar-refractivity contribution in [1.29, 1.82) is 0 Å². The molecule has 0 radical (unpaired) electrons. The Morgan fingerprint density at radius 2 is 2.08 bits per heavy atom. The molecule has 0 aliphatic carbocycles. The average molecular weight is 191 g/mol. The fraction of sp³-hybridized carbons (Fsp3) is 0.273. The van der Waals surface area contributed by atoms with E-state index in [1.807, 2.05) is 11.8 Å². The summed E-state index contributed by atoms with van der Waals surface area (Å²) in [6.07, 6.45) is 2.21. The molecule has 0 saturated carbocycles. The summed E-state index contributed by atoms with van der Waals surface area (Å²) in [5.41, 5.74) is 1.32. The highest BCUT2D eigenvalue weighted by molar-refractivity contribution is 7.99. The molecular formula is C11H13NS. The smallest absolute Gasteiger partial charge is 0.0489 e. The van der Waals surface area contributed by atoms with Crippen molar-refractivity contribution in [1.82, 2.24) is 4.57 Å². The van der Waals surface area contributed by atoms with Gasteiger partial charge in [-0.3, -0.25) is 0 Å². The van der Waals surface area contributed by atoms with Crippen LogP contribution in [0.5, 0.6) is 0 Å². The topological polar surface area (TPSA) is 4.93 Å². The fourth-order valence-corrected chi connectivity index (χ4v) is 2.45. The van der Waals surface area contributed by atoms with Gasteiger partial charge in [-0.1, -0.05) is 25.1 Å². The number of nitrogens with zero attached hydrogens (tertiary/aromatic N) is 1. The maximum Gasteiger partial charge on any atom is 0.0489 e. The minimum Gasteiger partial charge on any atom is -0.349 e. The molecule has 0 N–H and O–H groups in total. The molecule has 0 aliphatic heterocycles. The number of aromatic nitrogens is 1. The second-order valence-electron chi connectivity index (χ2n) is 3.05. The first-order chi connectivity index (χ1) is 6.33. The molecule has 68 valence electrons. The van der Waals surface area contributed by atoms with Crippen LogP contribution in [0, 0.1) is 0 Å². The number of hydrogen-bond acceptors (Lipinski definition) is 1. The van der Waals surface area contributed by atoms with Gasteiger partial charge in [-0.25, -0.2) is 0 Å². The van der Waals surface area contributed by atoms with Crippen molar-refractivity contribution in [3.63, 3.8) is 0 Å². The van der Waals surface area contributed by atoms with Gasteiger partial charge in [-0.2, -0.15) is 0 Å². The summed E-state index contributed by atoms with van der Waals surface area (Å²) >= 11 is 1.90. The lowest BCUT2D eigenvalue weighted by Gasteiger charge is -1.94. The molecule has 0 amide bonds. The first kappa shape index (κ1) is 8.70. The Bertz CT molecular complexity index is 417. The largest absolute Gasteiger partial charge is 0.349 e. The average Bonchev–Trinajstić information content (AvgIpc) is 2.46. The Morgan fingerprint density at radius 3 is 2.85 bits per heavy atom. The zero-order chi connectivity index (χ0) is 9.26. The first-order valence-corrected chi connectivity index (χ1v) is 5.48. The van der Waals surface area contributed by atoms with Gasteiger partial charge in [-0.05, 0) is 11.8 Å². The summed E-state index contributed by atoms with van der Waals surface area (Å²) in [6.45, 7) is 2.19. The van der Waals surface area contributed by atoms with Crippen molar-refractivity contribution in [2.45, 2.75) is 11.8 Å². The van der Waals surface area contributed by atoms with Gasteiger partial charge in [0.2, 0.25) is 0 Å². The van der Waals surface area contributed by atoms with Crippen molar-refractivity contribution in [2.75, 3.05) is 5.75 Å². The molecule has 0 fully saturated rings. The molecule has 0 bridgehead atoms. The van der Waals surface area contributed by atoms with Gasteiger partial charge >= 0.3 is 0 Å². The zero-order valence-corrected chi connectivity index (χ0v) is 8.77. The van der Waals surface area contributed by atoms with Crippen LogP contribution in [0.15, 0.2) is 35.4 Å². The van der Waals surface area contributed by atoms with Crippen molar-refractivity contribution < 1.29 is 0 Å². The molecule has 0 atom stereocenters. The van der Waals surface area contributed by atoms with E-state index in [2.05, 4.69) is 49.0 Å². The predicted octanol–water partition coefficient (Wildman–Crippen LogP) is 3.29. The van der Waals surface area contributed by atoms with Crippen LogP contribution >= 0.6 is 11.8 Å². The van der Waals surface area contributed by atoms with Crippen LogP contribution in [0.25, 0.3) is 10.9 Å². The SMILES string of the molecule is CCSc1cn(C)c2ccccc12. The second-order valence-corrected chi connectivity index (χ2v) is 4.36. The van der Waals surface area contributed by atoms with E-state index in [9.17, 15) is 0 Å². The van der Waals surface area contributed by atoms with Crippen molar-refractivity contribution in [2.24, 2.45) is 7.05 Å². The molecule has 2 heteroatoms. The molecule has 1 heterocycles. The number of para-hydroxylation sites is 1. The Kier molecular flexibility index (Phi) is 2.32. The van der Waals surface area contributed by atoms with Gasteiger partial charge in [-0.15, -0.1) is 11.8 Å². The van der Waals surface area contributed by atoms with Gasteiger partial charge in [0.1, 0.15) is 0 Å². The van der Waals surface area contributed by atoms with Crippen molar-refractivity contribution in [3.05, 3.63) is 30.5 Å². The van der Waals surface area contributed by atoms with Gasteiger partial charge in [0.15, 0.2) is 0 Å². The fourth-order valence-electron chi connectivity index (χ4n) is 1.58. The van der Waals surface area contributed by atoms with Crippen LogP contribution in [0.4, 0.5) is 0 Å². The molecule has 1 aromatic carbocycles. The highest BCUT2D eigenvalue weighted by Crippen LogP contribution is 2.28. The number of rotatable bonds is 2. The summed E-state index contributed by atoms with van der Waals surface area (Å²) in [4.78, 5) is 1.39. The van der Waals surface area contributed by atoms with E-state index in [-0.39, 0.29) is 0 Å². The minimum absolute atomic E-state index is 1.13. The molecule has 1 nitrogen and oxygen atoms in total. The maximum atomic E-state index is 2.21. The predicted molar refractivity (Wildman–Crippen MR) is 59.3 cm³/mol. The van der Waals surface area contributed by atoms with E-state index in [1.54, 1.807) is 0 Å². The van der Waals surface area contributed by atoms with Crippen molar-refractivity contribution >= 4 is 22.7 Å². The van der Waals surface area contributed by atoms with Gasteiger partial charge in [0, 0.05) is 29.0 Å². The summed E-state index contributed by atoms with van der Waals surface area (Å²) in [5, 5.41) is 1.37. The van der Waals surface area contributed by atoms with Crippen LogP contribution in [0.1, 0.15) is 6.92 Å². The standard InChI is InChI=1S/C11H13NS/c1-3-13-11-8-12(2)10-7-5-4-6-9(10)11/h4-8H,3H2,1-2H3. The third-order valence-corrected chi connectivity index (χ3v) is 3.09. The Labute approximate surface area is 82.8 Å². The van der Waals surface area contributed by atoms with Gasteiger partial charge in [0.05, 0.1) is 0 Å². The summed E-state index contributed by atoms with van der Waals surface area (Å²) in [5.74, 6) is 1.13. The summed E-state index contributed by atoms with van der Waals surface area (Å²) in [6, 6.07) is 8.53. The normalized spacial score (nSPS) is 10.9. The molecule has 13 heavy (non-hydrogen) atoms. The molecule has 0 aliphatic rings. The molecule has 1 aromatic heterocycles. The van der Waals surface area contributed by atoms with Crippen LogP contribution in [0.2, 0.25) is 0 Å². The third kappa shape index (κ3) is 1.46. The number of hydrogen-bond donors (Lipinski definition) is 0. The summed E-state index contributed by atoms with van der Waals surface area (Å²) < 4.78 is 2.19. The van der Waals surface area contributed by atoms with E-state index in [4.69, 9.17) is 0 Å². The molecule has 0 unspecified atom stereocenters. The van der Waals surface area contributed by atoms with Crippen LogP contribution < -0.4 is 0 Å². The van der Waals surface area contributed by atoms with E-state index in [1.165, 1.54) is 15.8 Å². The highest BCUT2D eigenvalue weighted by Gasteiger charge is 2.04. The van der Waals surface area contributed by atoms with E-state index < -0.39 is 0 Å². The van der Waals surface area contributed by atoms with E-state index in [0.29, 0.717) is 0 Å². The molecule has 0 spiro atoms. The molecular weight excluding hydrogens is 178 g/mol. The van der Waals surface area contributed by atoms with E-state index in [0.717, 1.165) is 5.75 Å². The second kappa shape index (κ2) is 3.46. The lowest BCUT2D eigenvalue weighted by atomic mass is 10.2. The van der Waals surface area contributed by atoms with Crippen LogP contribution in [0.3, 0.4) is 0 Å². The monoisotopic (exact) mass is 191 g/mol. The highest BCUT2D eigenvalue weighted by atomic mass is 32.2. The maximum absolute atomic E-state index is 2.21. The molecule has 2 rings (SSSR count). The van der Waals surface area contributed by atoms with Crippen molar-refractivity contribution in [3.8, 4) is 0 Å². The Balaban J connectivity index is 2.63. The first-order valence-electron chi connectivity index (χ1n) is 4.49. The Morgan fingerprint density at radius 1 is 1.31 bits per heavy atom. The lowest BCUT2D eigenvalue weighted by Crippen LogP contribution is -1.81. The van der Waals surface area contributed by atoms with Crippen LogP contribution in [-0.4, -0.2) is 10.3 Å². The minimum atomic E-state index is 1.13. The third-order valence-electron chi connectivity index (χ3n) is 2.16. The quantitative estimate of drug-likeness (QED) is 0.659. The zero-order valence-electron chi connectivity index (χ0n) is 7.95. The van der Waals surface area contributed by atoms with E-state index >= 15 is 0 Å². The molecule has 2 aromatic rings. The number of benzene rings is 1. The Hall–Kier alpha value is -0.890. The van der Waals surface area contributed by atoms with Crippen LogP contribution in [-0.2, 0) is 7.05 Å². The van der Waals surface area contributed by atoms with Gasteiger partial charge in [0.25, 0.3) is 0 Å². The molecule has 0 saturated heterocycles. The number of thioether (sulfide) groups is 1. The number of aryl methyl sites for hydroxylation is 1. The number of fused-ring (bicyclic) bond motifs is 1. The van der Waals surface area contributed by atoms with Gasteiger partial charge < -0.3 is 4.57 Å². The lowest BCUT2D eigenvalue weighted by molar-refractivity contribution is 0.957. The summed E-state index contributed by atoms with van der Waals surface area (Å²) in [7, 11) is 2.10.